The van der Waals surface area contributed by atoms with Crippen LogP contribution in [0.4, 0.5) is 0 Å². The van der Waals surface area contributed by atoms with Crippen LogP contribution in [-0.2, 0) is 26.1 Å². The largest absolute Gasteiger partial charge is 0.489 e. The Hall–Kier alpha value is -1.80. The van der Waals surface area contributed by atoms with Crippen molar-refractivity contribution in [1.29, 1.82) is 0 Å². The van der Waals surface area contributed by atoms with Crippen LogP contribution in [0.3, 0.4) is 0 Å². The Labute approximate surface area is 120 Å². The summed E-state index contributed by atoms with van der Waals surface area (Å²) in [5, 5.41) is 9.39. The van der Waals surface area contributed by atoms with Gasteiger partial charge in [-0.05, 0) is 54.0 Å². The number of rotatable bonds is 4. The van der Waals surface area contributed by atoms with Crippen LogP contribution in [0.2, 0.25) is 0 Å². The van der Waals surface area contributed by atoms with E-state index >= 15 is 0 Å². The van der Waals surface area contributed by atoms with Crippen LogP contribution in [0, 0.1) is 0 Å². The van der Waals surface area contributed by atoms with Gasteiger partial charge in [-0.2, -0.15) is 0 Å². The number of aliphatic hydroxyl groups excluding tert-OH is 1. The third-order valence-corrected chi connectivity index (χ3v) is 3.90. The van der Waals surface area contributed by atoms with Crippen molar-refractivity contribution in [3.05, 3.63) is 64.7 Å². The molecule has 0 amide bonds. The zero-order valence-corrected chi connectivity index (χ0v) is 11.6. The van der Waals surface area contributed by atoms with E-state index in [1.165, 1.54) is 29.5 Å². The van der Waals surface area contributed by atoms with E-state index in [2.05, 4.69) is 18.2 Å². The highest BCUT2D eigenvalue weighted by molar-refractivity contribution is 5.45. The Morgan fingerprint density at radius 1 is 0.950 bits per heavy atom. The molecule has 0 unspecified atom stereocenters. The first kappa shape index (κ1) is 13.2. The first-order valence-corrected chi connectivity index (χ1v) is 7.29. The van der Waals surface area contributed by atoms with Gasteiger partial charge in [-0.15, -0.1) is 0 Å². The second-order valence-electron chi connectivity index (χ2n) is 5.37. The van der Waals surface area contributed by atoms with E-state index in [0.717, 1.165) is 24.2 Å². The molecule has 20 heavy (non-hydrogen) atoms. The van der Waals surface area contributed by atoms with E-state index in [1.807, 2.05) is 24.3 Å². The minimum atomic E-state index is 0.0784. The van der Waals surface area contributed by atoms with Gasteiger partial charge in [0.1, 0.15) is 12.4 Å². The molecule has 2 heteroatoms. The quantitative estimate of drug-likeness (QED) is 0.917. The fourth-order valence-corrected chi connectivity index (χ4v) is 2.85. The first-order chi connectivity index (χ1) is 9.86. The minimum absolute atomic E-state index is 0.0784. The summed E-state index contributed by atoms with van der Waals surface area (Å²) in [5.41, 5.74) is 4.82. The van der Waals surface area contributed by atoms with E-state index in [1.54, 1.807) is 0 Å². The number of ether oxygens (including phenoxy) is 1. The summed E-state index contributed by atoms with van der Waals surface area (Å²) in [5.74, 6) is 0.954. The molecule has 0 radical (unpaired) electrons. The summed E-state index contributed by atoms with van der Waals surface area (Å²) in [6, 6.07) is 14.3. The van der Waals surface area contributed by atoms with Gasteiger partial charge in [0.05, 0.1) is 6.61 Å². The molecule has 0 aromatic heterocycles. The molecule has 3 rings (SSSR count). The van der Waals surface area contributed by atoms with Crippen molar-refractivity contribution in [1.82, 2.24) is 0 Å². The maximum Gasteiger partial charge on any atom is 0.123 e. The molecule has 0 aliphatic heterocycles. The fraction of sp³-hybridized carbons (Fsp3) is 0.333. The molecule has 2 nitrogen and oxygen atoms in total. The smallest absolute Gasteiger partial charge is 0.123 e. The lowest BCUT2D eigenvalue weighted by molar-refractivity contribution is 0.276. The van der Waals surface area contributed by atoms with Gasteiger partial charge in [-0.3, -0.25) is 0 Å². The third-order valence-electron chi connectivity index (χ3n) is 3.90. The zero-order chi connectivity index (χ0) is 13.8. The number of hydrogen-bond donors (Lipinski definition) is 1. The van der Waals surface area contributed by atoms with Crippen molar-refractivity contribution in [2.75, 3.05) is 0 Å². The van der Waals surface area contributed by atoms with Gasteiger partial charge < -0.3 is 9.84 Å². The summed E-state index contributed by atoms with van der Waals surface area (Å²) in [7, 11) is 0. The maximum atomic E-state index is 9.39. The van der Waals surface area contributed by atoms with Gasteiger partial charge in [0.15, 0.2) is 0 Å². The number of aliphatic hydroxyl groups is 1. The average Bonchev–Trinajstić information content (AvgIpc) is 2.53. The van der Waals surface area contributed by atoms with Crippen LogP contribution >= 0.6 is 0 Å². The van der Waals surface area contributed by atoms with Gasteiger partial charge in [-0.1, -0.05) is 36.4 Å². The Balaban J connectivity index is 1.84. The van der Waals surface area contributed by atoms with E-state index in [4.69, 9.17) is 4.74 Å². The van der Waals surface area contributed by atoms with Gasteiger partial charge in [0, 0.05) is 0 Å². The van der Waals surface area contributed by atoms with Crippen LogP contribution in [-0.4, -0.2) is 5.11 Å². The molecule has 0 atom stereocenters. The Bertz CT molecular complexity index is 575. The molecule has 1 N–H and O–H groups in total. The number of aryl methyl sites for hydroxylation is 1. The van der Waals surface area contributed by atoms with E-state index in [0.29, 0.717) is 6.61 Å². The average molecular weight is 268 g/mol. The third kappa shape index (κ3) is 2.86. The first-order valence-electron chi connectivity index (χ1n) is 7.29. The SMILES string of the molecule is OCc1cc2c(c(OCc3ccccc3)c1)CCCC2. The summed E-state index contributed by atoms with van der Waals surface area (Å²) in [6.45, 7) is 0.664. The summed E-state index contributed by atoms with van der Waals surface area (Å²) in [6.07, 6.45) is 4.66. The lowest BCUT2D eigenvalue weighted by Gasteiger charge is -2.21. The predicted octanol–water partition coefficient (Wildman–Crippen LogP) is 3.64. The summed E-state index contributed by atoms with van der Waals surface area (Å²) >= 11 is 0. The van der Waals surface area contributed by atoms with Crippen LogP contribution in [0.1, 0.15) is 35.1 Å². The second kappa shape index (κ2) is 6.10. The standard InChI is InChI=1S/C18H20O2/c19-12-15-10-16-8-4-5-9-17(16)18(11-15)20-13-14-6-2-1-3-7-14/h1-3,6-7,10-11,19H,4-5,8-9,12-13H2. The van der Waals surface area contributed by atoms with Crippen LogP contribution in [0.5, 0.6) is 5.75 Å². The van der Waals surface area contributed by atoms with Gasteiger partial charge in [-0.25, -0.2) is 0 Å². The molecule has 2 aromatic rings. The number of hydrogen-bond acceptors (Lipinski definition) is 2. The molecular formula is C18H20O2. The number of benzene rings is 2. The lowest BCUT2D eigenvalue weighted by Crippen LogP contribution is -2.08. The van der Waals surface area contributed by atoms with Crippen LogP contribution in [0.15, 0.2) is 42.5 Å². The fourth-order valence-electron chi connectivity index (χ4n) is 2.85. The summed E-state index contributed by atoms with van der Waals surface area (Å²) < 4.78 is 6.02. The van der Waals surface area contributed by atoms with Crippen molar-refractivity contribution in [3.8, 4) is 5.75 Å². The lowest BCUT2D eigenvalue weighted by atomic mass is 9.89. The predicted molar refractivity (Wildman–Crippen MR) is 79.8 cm³/mol. The number of fused-ring (bicyclic) bond motifs is 1. The molecule has 0 heterocycles. The zero-order valence-electron chi connectivity index (χ0n) is 11.6. The van der Waals surface area contributed by atoms with Crippen molar-refractivity contribution in [2.45, 2.75) is 38.9 Å². The highest BCUT2D eigenvalue weighted by atomic mass is 16.5. The van der Waals surface area contributed by atoms with E-state index < -0.39 is 0 Å². The van der Waals surface area contributed by atoms with Crippen molar-refractivity contribution in [3.63, 3.8) is 0 Å². The highest BCUT2D eigenvalue weighted by Crippen LogP contribution is 2.31. The topological polar surface area (TPSA) is 29.5 Å². The Kier molecular flexibility index (Phi) is 4.03. The van der Waals surface area contributed by atoms with E-state index in [-0.39, 0.29) is 6.61 Å². The molecule has 0 saturated carbocycles. The molecule has 0 bridgehead atoms. The van der Waals surface area contributed by atoms with Crippen LogP contribution in [0.25, 0.3) is 0 Å². The van der Waals surface area contributed by atoms with E-state index in [9.17, 15) is 5.11 Å². The molecule has 104 valence electrons. The Morgan fingerprint density at radius 3 is 2.55 bits per heavy atom. The molecule has 2 aromatic carbocycles. The van der Waals surface area contributed by atoms with Gasteiger partial charge in [0.25, 0.3) is 0 Å². The van der Waals surface area contributed by atoms with Crippen molar-refractivity contribution in [2.24, 2.45) is 0 Å². The maximum absolute atomic E-state index is 9.39. The molecule has 0 spiro atoms. The summed E-state index contributed by atoms with van der Waals surface area (Å²) in [4.78, 5) is 0. The Morgan fingerprint density at radius 2 is 1.75 bits per heavy atom. The monoisotopic (exact) mass is 268 g/mol. The van der Waals surface area contributed by atoms with Gasteiger partial charge >= 0.3 is 0 Å². The van der Waals surface area contributed by atoms with Crippen molar-refractivity contribution >= 4 is 0 Å². The molecule has 0 fully saturated rings. The molecular weight excluding hydrogens is 248 g/mol. The van der Waals surface area contributed by atoms with Gasteiger partial charge in [0.2, 0.25) is 0 Å². The highest BCUT2D eigenvalue weighted by Gasteiger charge is 2.15. The normalized spacial score (nSPS) is 13.8. The molecule has 1 aliphatic rings. The minimum Gasteiger partial charge on any atom is -0.489 e. The second-order valence-corrected chi connectivity index (χ2v) is 5.37. The molecule has 1 aliphatic carbocycles. The van der Waals surface area contributed by atoms with Crippen LogP contribution < -0.4 is 4.74 Å². The molecule has 0 saturated heterocycles. The van der Waals surface area contributed by atoms with Crippen molar-refractivity contribution < 1.29 is 9.84 Å².